The highest BCUT2D eigenvalue weighted by Gasteiger charge is 1.96. The zero-order chi connectivity index (χ0) is 7.98. The molecule has 0 amide bonds. The third kappa shape index (κ3) is 2.87. The highest BCUT2D eigenvalue weighted by Crippen LogP contribution is 2.03. The number of hydrogen-bond acceptors (Lipinski definition) is 2. The average molecular weight is 142 g/mol. The van der Waals surface area contributed by atoms with Crippen LogP contribution in [0.1, 0.15) is 33.6 Å². The summed E-state index contributed by atoms with van der Waals surface area (Å²) in [7, 11) is 0. The van der Waals surface area contributed by atoms with Crippen LogP contribution < -0.4 is 5.84 Å². The average Bonchev–Trinajstić information content (AvgIpc) is 1.99. The molecule has 0 aromatic rings. The van der Waals surface area contributed by atoms with Crippen LogP contribution in [0.3, 0.4) is 0 Å². The first-order valence-corrected chi connectivity index (χ1v) is 3.97. The number of rotatable bonds is 4. The lowest BCUT2D eigenvalue weighted by Gasteiger charge is -2.18. The predicted octanol–water partition coefficient (Wildman–Crippen LogP) is 1.89. The van der Waals surface area contributed by atoms with Crippen molar-refractivity contribution in [1.29, 1.82) is 0 Å². The second kappa shape index (κ2) is 5.30. The number of hydrogen-bond donors (Lipinski definition) is 1. The molecule has 0 spiro atoms. The summed E-state index contributed by atoms with van der Waals surface area (Å²) in [5.74, 6) is 5.68. The van der Waals surface area contributed by atoms with Crippen molar-refractivity contribution < 1.29 is 0 Å². The molecule has 0 heterocycles. The SMILES string of the molecule is CCC=C(CC)N(N)CC. The Hall–Kier alpha value is -0.500. The number of nitrogens with two attached hydrogens (primary N) is 1. The molecule has 0 aliphatic heterocycles. The third-order valence-corrected chi connectivity index (χ3v) is 1.51. The number of allylic oxidation sites excluding steroid dienone is 2. The quantitative estimate of drug-likeness (QED) is 0.479. The van der Waals surface area contributed by atoms with E-state index in [2.05, 4.69) is 26.8 Å². The minimum absolute atomic E-state index is 0.889. The monoisotopic (exact) mass is 142 g/mol. The Morgan fingerprint density at radius 2 is 2.00 bits per heavy atom. The normalized spacial score (nSPS) is 11.8. The van der Waals surface area contributed by atoms with E-state index in [9.17, 15) is 0 Å². The fourth-order valence-electron chi connectivity index (χ4n) is 0.903. The van der Waals surface area contributed by atoms with E-state index < -0.39 is 0 Å². The summed E-state index contributed by atoms with van der Waals surface area (Å²) in [6, 6.07) is 0. The van der Waals surface area contributed by atoms with Crippen molar-refractivity contribution >= 4 is 0 Å². The van der Waals surface area contributed by atoms with Gasteiger partial charge in [0.25, 0.3) is 0 Å². The van der Waals surface area contributed by atoms with Gasteiger partial charge >= 0.3 is 0 Å². The fraction of sp³-hybridized carbons (Fsp3) is 0.750. The van der Waals surface area contributed by atoms with Crippen LogP contribution in [0.5, 0.6) is 0 Å². The van der Waals surface area contributed by atoms with Crippen molar-refractivity contribution in [2.24, 2.45) is 5.84 Å². The summed E-state index contributed by atoms with van der Waals surface area (Å²) in [5.41, 5.74) is 1.24. The zero-order valence-corrected chi connectivity index (χ0v) is 7.22. The molecule has 10 heavy (non-hydrogen) atoms. The van der Waals surface area contributed by atoms with Gasteiger partial charge in [0.15, 0.2) is 0 Å². The van der Waals surface area contributed by atoms with Crippen molar-refractivity contribution in [2.45, 2.75) is 33.6 Å². The first kappa shape index (κ1) is 9.50. The highest BCUT2D eigenvalue weighted by atomic mass is 15.4. The van der Waals surface area contributed by atoms with E-state index in [1.54, 1.807) is 5.01 Å². The molecule has 0 bridgehead atoms. The Bertz CT molecular complexity index is 108. The van der Waals surface area contributed by atoms with Crippen LogP contribution in [0.15, 0.2) is 11.8 Å². The van der Waals surface area contributed by atoms with Crippen LogP contribution in [0.4, 0.5) is 0 Å². The van der Waals surface area contributed by atoms with Crippen LogP contribution >= 0.6 is 0 Å². The molecule has 0 unspecified atom stereocenters. The molecule has 0 saturated heterocycles. The van der Waals surface area contributed by atoms with E-state index in [4.69, 9.17) is 5.84 Å². The molecule has 0 radical (unpaired) electrons. The summed E-state index contributed by atoms with van der Waals surface area (Å²) in [4.78, 5) is 0. The lowest BCUT2D eigenvalue weighted by Crippen LogP contribution is -2.29. The first-order valence-electron chi connectivity index (χ1n) is 3.97. The second-order valence-electron chi connectivity index (χ2n) is 2.24. The molecule has 0 atom stereocenters. The molecule has 0 aliphatic rings. The van der Waals surface area contributed by atoms with Crippen molar-refractivity contribution in [3.8, 4) is 0 Å². The molecule has 0 rings (SSSR count). The van der Waals surface area contributed by atoms with Crippen LogP contribution in [0.2, 0.25) is 0 Å². The Balaban J connectivity index is 3.92. The topological polar surface area (TPSA) is 29.3 Å². The molecule has 2 heteroatoms. The molecule has 0 fully saturated rings. The smallest absolute Gasteiger partial charge is 0.0309 e. The summed E-state index contributed by atoms with van der Waals surface area (Å²) < 4.78 is 0. The minimum atomic E-state index is 0.889. The van der Waals surface area contributed by atoms with Gasteiger partial charge in [-0.05, 0) is 19.8 Å². The zero-order valence-electron chi connectivity index (χ0n) is 7.22. The Kier molecular flexibility index (Phi) is 5.03. The number of nitrogens with zero attached hydrogens (tertiary/aromatic N) is 1. The Labute approximate surface area is 63.7 Å². The molecule has 0 aromatic carbocycles. The van der Waals surface area contributed by atoms with E-state index in [0.29, 0.717) is 0 Å². The maximum atomic E-state index is 5.68. The van der Waals surface area contributed by atoms with Gasteiger partial charge in [-0.3, -0.25) is 0 Å². The summed E-state index contributed by atoms with van der Waals surface area (Å²) in [6.45, 7) is 7.19. The first-order chi connectivity index (χ1) is 4.76. The van der Waals surface area contributed by atoms with E-state index in [0.717, 1.165) is 19.4 Å². The van der Waals surface area contributed by atoms with Crippen LogP contribution in [-0.2, 0) is 0 Å². The Morgan fingerprint density at radius 3 is 2.30 bits per heavy atom. The van der Waals surface area contributed by atoms with E-state index in [-0.39, 0.29) is 0 Å². The molecular weight excluding hydrogens is 124 g/mol. The molecule has 60 valence electrons. The van der Waals surface area contributed by atoms with Crippen molar-refractivity contribution in [1.82, 2.24) is 5.01 Å². The lowest BCUT2D eigenvalue weighted by atomic mass is 10.3. The molecule has 2 N–H and O–H groups in total. The largest absolute Gasteiger partial charge is 0.316 e. The van der Waals surface area contributed by atoms with Gasteiger partial charge in [0, 0.05) is 12.2 Å². The van der Waals surface area contributed by atoms with Crippen LogP contribution in [-0.4, -0.2) is 11.6 Å². The second-order valence-corrected chi connectivity index (χ2v) is 2.24. The summed E-state index contributed by atoms with van der Waals surface area (Å²) >= 11 is 0. The van der Waals surface area contributed by atoms with Gasteiger partial charge in [0.05, 0.1) is 0 Å². The van der Waals surface area contributed by atoms with E-state index in [1.165, 1.54) is 5.70 Å². The van der Waals surface area contributed by atoms with Crippen molar-refractivity contribution in [3.63, 3.8) is 0 Å². The van der Waals surface area contributed by atoms with E-state index >= 15 is 0 Å². The molecule has 2 nitrogen and oxygen atoms in total. The lowest BCUT2D eigenvalue weighted by molar-refractivity contribution is 0.367. The number of hydrazine groups is 1. The minimum Gasteiger partial charge on any atom is -0.316 e. The van der Waals surface area contributed by atoms with Gasteiger partial charge < -0.3 is 5.01 Å². The van der Waals surface area contributed by atoms with Gasteiger partial charge in [0.1, 0.15) is 0 Å². The fourth-order valence-corrected chi connectivity index (χ4v) is 0.903. The van der Waals surface area contributed by atoms with Gasteiger partial charge in [-0.25, -0.2) is 5.84 Å². The third-order valence-electron chi connectivity index (χ3n) is 1.51. The van der Waals surface area contributed by atoms with Gasteiger partial charge in [-0.2, -0.15) is 0 Å². The van der Waals surface area contributed by atoms with E-state index in [1.807, 2.05) is 0 Å². The van der Waals surface area contributed by atoms with Gasteiger partial charge in [-0.15, -0.1) is 0 Å². The summed E-state index contributed by atoms with van der Waals surface area (Å²) in [5, 5.41) is 1.80. The molecular formula is C8H18N2. The van der Waals surface area contributed by atoms with Crippen LogP contribution in [0.25, 0.3) is 0 Å². The Morgan fingerprint density at radius 1 is 1.40 bits per heavy atom. The van der Waals surface area contributed by atoms with Crippen molar-refractivity contribution in [2.75, 3.05) is 6.54 Å². The van der Waals surface area contributed by atoms with Gasteiger partial charge in [0.2, 0.25) is 0 Å². The predicted molar refractivity (Wildman–Crippen MR) is 45.2 cm³/mol. The van der Waals surface area contributed by atoms with Crippen molar-refractivity contribution in [3.05, 3.63) is 11.8 Å². The standard InChI is InChI=1S/C8H18N2/c1-4-7-8(5-2)10(9)6-3/h7H,4-6,9H2,1-3H3. The van der Waals surface area contributed by atoms with Gasteiger partial charge in [-0.1, -0.05) is 19.9 Å². The molecule has 0 aromatic heterocycles. The maximum Gasteiger partial charge on any atom is 0.0309 e. The highest BCUT2D eigenvalue weighted by molar-refractivity contribution is 4.97. The summed E-state index contributed by atoms with van der Waals surface area (Å²) in [6.07, 6.45) is 4.26. The molecule has 0 saturated carbocycles. The molecule has 0 aliphatic carbocycles. The maximum absolute atomic E-state index is 5.68. The van der Waals surface area contributed by atoms with Crippen LogP contribution in [0, 0.1) is 0 Å².